The molecule has 1 N–H and O–H groups in total. The van der Waals surface area contributed by atoms with Gasteiger partial charge in [0.25, 0.3) is 17.7 Å². The lowest BCUT2D eigenvalue weighted by molar-refractivity contribution is -0.146. The SMILES string of the molecule is COc1ccc([Si](C)(C)[C@@H]2[C@@H](CCO)O[C@]3(C(=O)N(Cc4cccc(N5C(=O)COc6ccccc65)c4)c4ccc(N5C(=O)COc6ccccc65)cc43)[C@H]2C)cc1. The molecule has 4 atom stereocenters. The topological polar surface area (TPSA) is 118 Å². The third kappa shape index (κ3) is 5.88. The Hall–Kier alpha value is -5.95. The minimum Gasteiger partial charge on any atom is -0.497 e. The van der Waals surface area contributed by atoms with Crippen molar-refractivity contribution in [2.75, 3.05) is 41.6 Å². The van der Waals surface area contributed by atoms with Crippen LogP contribution in [0.15, 0.2) is 115 Å². The Morgan fingerprint density at radius 3 is 2.00 bits per heavy atom. The molecule has 58 heavy (non-hydrogen) atoms. The highest BCUT2D eigenvalue weighted by molar-refractivity contribution is 6.91. The summed E-state index contributed by atoms with van der Waals surface area (Å²) < 4.78 is 24.2. The molecule has 12 heteroatoms. The molecule has 5 aromatic rings. The van der Waals surface area contributed by atoms with Gasteiger partial charge in [0.2, 0.25) is 0 Å². The highest BCUT2D eigenvalue weighted by Gasteiger charge is 2.66. The summed E-state index contributed by atoms with van der Waals surface area (Å²) in [6, 6.07) is 36.4. The number of ether oxygens (including phenoxy) is 4. The minimum atomic E-state index is -2.44. The first kappa shape index (κ1) is 37.6. The number of methoxy groups -OCH3 is 1. The summed E-state index contributed by atoms with van der Waals surface area (Å²) in [5.41, 5.74) is 3.22. The van der Waals surface area contributed by atoms with Gasteiger partial charge in [-0.25, -0.2) is 0 Å². The molecular weight excluding hydrogens is 751 g/mol. The van der Waals surface area contributed by atoms with Crippen LogP contribution < -0.4 is 34.1 Å². The van der Waals surface area contributed by atoms with Gasteiger partial charge in [-0.15, -0.1) is 0 Å². The Balaban J connectivity index is 1.16. The zero-order valence-electron chi connectivity index (χ0n) is 32.9. The van der Waals surface area contributed by atoms with E-state index in [4.69, 9.17) is 18.9 Å². The van der Waals surface area contributed by atoms with Crippen LogP contribution in [0.1, 0.15) is 24.5 Å². The van der Waals surface area contributed by atoms with Gasteiger partial charge in [-0.2, -0.15) is 0 Å². The Morgan fingerprint density at radius 2 is 1.38 bits per heavy atom. The Morgan fingerprint density at radius 1 is 0.759 bits per heavy atom. The first-order valence-electron chi connectivity index (χ1n) is 19.6. The predicted octanol–water partition coefficient (Wildman–Crippen LogP) is 6.95. The number of amides is 3. The van der Waals surface area contributed by atoms with E-state index in [1.54, 1.807) is 21.8 Å². The van der Waals surface area contributed by atoms with Gasteiger partial charge in [-0.3, -0.25) is 24.2 Å². The second-order valence-electron chi connectivity index (χ2n) is 15.9. The van der Waals surface area contributed by atoms with Gasteiger partial charge in [0.15, 0.2) is 18.8 Å². The zero-order valence-corrected chi connectivity index (χ0v) is 33.9. The predicted molar refractivity (Wildman–Crippen MR) is 224 cm³/mol. The van der Waals surface area contributed by atoms with Crippen molar-refractivity contribution < 1.29 is 38.4 Å². The van der Waals surface area contributed by atoms with Crippen molar-refractivity contribution in [1.82, 2.24) is 0 Å². The quantitative estimate of drug-likeness (QED) is 0.159. The summed E-state index contributed by atoms with van der Waals surface area (Å²) in [6.07, 6.45) is -0.0661. The van der Waals surface area contributed by atoms with Crippen molar-refractivity contribution in [2.45, 2.75) is 50.2 Å². The summed E-state index contributed by atoms with van der Waals surface area (Å²) in [4.78, 5) is 47.5. The molecule has 0 radical (unpaired) electrons. The smallest absolute Gasteiger partial charge is 0.269 e. The molecule has 296 valence electrons. The van der Waals surface area contributed by atoms with Crippen LogP contribution in [-0.4, -0.2) is 63.9 Å². The van der Waals surface area contributed by atoms with Crippen LogP contribution in [0.3, 0.4) is 0 Å². The van der Waals surface area contributed by atoms with E-state index in [1.165, 1.54) is 5.19 Å². The summed E-state index contributed by atoms with van der Waals surface area (Å²) >= 11 is 0. The standard InChI is InChI=1S/C46H45N3O8Si/c1-29-44(58(3,4)34-19-17-33(54-2)18-20-34)41(22-23-50)57-46(29)35-25-32(49-38-13-6-8-15-40(38)56-28-43(49)52)16-21-36(35)47(45(46)53)26-30-10-9-11-31(24-30)48-37-12-5-7-14-39(37)55-27-42(48)51/h5-21,24-25,29,41,44,50H,22-23,26-28H2,1-4H3/t29-,41+,44-,46+/m0/s1. The van der Waals surface area contributed by atoms with Gasteiger partial charge >= 0.3 is 0 Å². The van der Waals surface area contributed by atoms with Gasteiger partial charge in [0.05, 0.1) is 44.9 Å². The van der Waals surface area contributed by atoms with Crippen molar-refractivity contribution in [2.24, 2.45) is 5.92 Å². The molecule has 5 aromatic carbocycles. The molecular formula is C46H45N3O8Si. The molecule has 11 nitrogen and oxygen atoms in total. The highest BCUT2D eigenvalue weighted by Crippen LogP contribution is 2.61. The van der Waals surface area contributed by atoms with E-state index in [1.807, 2.05) is 103 Å². The first-order valence-corrected chi connectivity index (χ1v) is 22.7. The molecule has 4 aliphatic rings. The molecule has 0 saturated carbocycles. The molecule has 1 spiro atoms. The Kier molecular flexibility index (Phi) is 9.37. The van der Waals surface area contributed by atoms with Crippen LogP contribution in [-0.2, 0) is 31.3 Å². The molecule has 9 rings (SSSR count). The van der Waals surface area contributed by atoms with E-state index in [2.05, 4.69) is 32.2 Å². The van der Waals surface area contributed by atoms with Crippen LogP contribution in [0.5, 0.6) is 17.2 Å². The maximum Gasteiger partial charge on any atom is 0.269 e. The highest BCUT2D eigenvalue weighted by atomic mass is 28.3. The molecule has 1 saturated heterocycles. The van der Waals surface area contributed by atoms with Gasteiger partial charge in [-0.05, 0) is 84.3 Å². The fraction of sp³-hybridized carbons (Fsp3) is 0.283. The van der Waals surface area contributed by atoms with E-state index >= 15 is 4.79 Å². The molecule has 1 fully saturated rings. The molecule has 0 bridgehead atoms. The van der Waals surface area contributed by atoms with Crippen LogP contribution in [0, 0.1) is 5.92 Å². The van der Waals surface area contributed by atoms with Crippen molar-refractivity contribution in [1.29, 1.82) is 0 Å². The molecule has 4 heterocycles. The number of aliphatic hydroxyl groups excluding tert-OH is 1. The fourth-order valence-electron chi connectivity index (χ4n) is 9.74. The van der Waals surface area contributed by atoms with Crippen molar-refractivity contribution in [3.05, 3.63) is 126 Å². The van der Waals surface area contributed by atoms with E-state index in [0.717, 1.165) is 11.3 Å². The molecule has 4 aliphatic heterocycles. The van der Waals surface area contributed by atoms with E-state index < -0.39 is 19.8 Å². The lowest BCUT2D eigenvalue weighted by Gasteiger charge is -2.37. The van der Waals surface area contributed by atoms with Crippen LogP contribution in [0.2, 0.25) is 18.6 Å². The maximum atomic E-state index is 15.6. The average Bonchev–Trinajstić information content (AvgIpc) is 3.66. The zero-order chi connectivity index (χ0) is 40.3. The monoisotopic (exact) mass is 795 g/mol. The van der Waals surface area contributed by atoms with Crippen molar-refractivity contribution in [3.63, 3.8) is 0 Å². The Labute approximate surface area is 338 Å². The number of fused-ring (bicyclic) bond motifs is 4. The van der Waals surface area contributed by atoms with Gasteiger partial charge < -0.3 is 29.0 Å². The number of aliphatic hydroxyl groups is 1. The van der Waals surface area contributed by atoms with Crippen LogP contribution in [0.25, 0.3) is 0 Å². The van der Waals surface area contributed by atoms with Crippen LogP contribution in [0.4, 0.5) is 28.4 Å². The lowest BCUT2D eigenvalue weighted by Crippen LogP contribution is -2.51. The number of hydrogen-bond donors (Lipinski definition) is 1. The molecule has 0 aromatic heterocycles. The number of anilines is 5. The average molecular weight is 796 g/mol. The number of carbonyl (C=O) groups is 3. The third-order valence-corrected chi connectivity index (χ3v) is 16.8. The number of carbonyl (C=O) groups excluding carboxylic acids is 3. The lowest BCUT2D eigenvalue weighted by atomic mass is 9.82. The van der Waals surface area contributed by atoms with Gasteiger partial charge in [-0.1, -0.05) is 73.7 Å². The number of nitrogens with zero attached hydrogens (tertiary/aromatic N) is 3. The summed E-state index contributed by atoms with van der Waals surface area (Å²) in [6.45, 7) is 6.61. The van der Waals surface area contributed by atoms with E-state index in [0.29, 0.717) is 51.9 Å². The first-order chi connectivity index (χ1) is 28.1. The van der Waals surface area contributed by atoms with E-state index in [9.17, 15) is 14.7 Å². The van der Waals surface area contributed by atoms with E-state index in [-0.39, 0.29) is 55.5 Å². The normalized spacial score (nSPS) is 22.4. The molecule has 0 aliphatic carbocycles. The molecule has 0 unspecified atom stereocenters. The summed E-state index contributed by atoms with van der Waals surface area (Å²) in [5.74, 6) is 1.04. The second-order valence-corrected chi connectivity index (χ2v) is 20.6. The number of para-hydroxylation sites is 4. The second kappa shape index (κ2) is 14.5. The van der Waals surface area contributed by atoms with Crippen molar-refractivity contribution >= 4 is 59.4 Å². The van der Waals surface area contributed by atoms with Gasteiger partial charge in [0, 0.05) is 29.5 Å². The maximum absolute atomic E-state index is 15.6. The van der Waals surface area contributed by atoms with Gasteiger partial charge in [0.1, 0.15) is 17.2 Å². The summed E-state index contributed by atoms with van der Waals surface area (Å²) in [5, 5.41) is 11.6. The number of rotatable bonds is 9. The fourth-order valence-corrected chi connectivity index (χ4v) is 13.8. The molecule has 3 amide bonds. The summed E-state index contributed by atoms with van der Waals surface area (Å²) in [7, 11) is -0.796. The van der Waals surface area contributed by atoms with Crippen LogP contribution >= 0.6 is 0 Å². The number of hydrogen-bond acceptors (Lipinski definition) is 8. The third-order valence-electron chi connectivity index (χ3n) is 12.4. The Bertz CT molecular complexity index is 2440. The van der Waals surface area contributed by atoms with Crippen molar-refractivity contribution in [3.8, 4) is 17.2 Å². The number of benzene rings is 5. The largest absolute Gasteiger partial charge is 0.497 e. The minimum absolute atomic E-state index is 0.0741.